The van der Waals surface area contributed by atoms with E-state index in [1.54, 1.807) is 4.90 Å². The molecule has 3 aliphatic heterocycles. The number of amides is 3. The highest BCUT2D eigenvalue weighted by molar-refractivity contribution is 6.02. The first-order valence-corrected chi connectivity index (χ1v) is 14.1. The van der Waals surface area contributed by atoms with Crippen LogP contribution in [0.5, 0.6) is 0 Å². The molecule has 6 rings (SSSR count). The summed E-state index contributed by atoms with van der Waals surface area (Å²) in [4.78, 5) is 39.0. The smallest absolute Gasteiger partial charge is 0.249 e. The maximum absolute atomic E-state index is 13.2. The van der Waals surface area contributed by atoms with E-state index in [1.807, 2.05) is 0 Å². The SMILES string of the molecule is O=C1CCC(N2CC3CC(C4=NN(CC5CCCCC5)C5CCCCC45)CCC3C2=O)C(=O)N1. The Bertz CT molecular complexity index is 866. The fourth-order valence-electron chi connectivity index (χ4n) is 8.18. The van der Waals surface area contributed by atoms with E-state index >= 15 is 0 Å². The molecule has 3 aliphatic carbocycles. The monoisotopic (exact) mass is 468 g/mol. The average Bonchev–Trinajstić information content (AvgIpc) is 3.37. The number of imide groups is 1. The lowest BCUT2D eigenvalue weighted by Gasteiger charge is -2.36. The van der Waals surface area contributed by atoms with E-state index in [2.05, 4.69) is 10.3 Å². The van der Waals surface area contributed by atoms with Crippen LogP contribution in [0, 0.1) is 29.6 Å². The van der Waals surface area contributed by atoms with Gasteiger partial charge in [0.1, 0.15) is 6.04 Å². The molecule has 0 radical (unpaired) electrons. The van der Waals surface area contributed by atoms with E-state index in [9.17, 15) is 14.4 Å². The van der Waals surface area contributed by atoms with Crippen LogP contribution in [-0.4, -0.2) is 58.5 Å². The molecule has 0 bridgehead atoms. The van der Waals surface area contributed by atoms with Gasteiger partial charge >= 0.3 is 0 Å². The summed E-state index contributed by atoms with van der Waals surface area (Å²) in [5.41, 5.74) is 1.45. The lowest BCUT2D eigenvalue weighted by Crippen LogP contribution is -2.53. The number of nitrogens with one attached hydrogen (secondary N) is 1. The van der Waals surface area contributed by atoms with Crippen LogP contribution in [-0.2, 0) is 14.4 Å². The molecule has 7 heteroatoms. The predicted molar refractivity (Wildman–Crippen MR) is 129 cm³/mol. The molecule has 2 saturated heterocycles. The van der Waals surface area contributed by atoms with Gasteiger partial charge in [-0.3, -0.25) is 24.7 Å². The van der Waals surface area contributed by atoms with Gasteiger partial charge in [0.15, 0.2) is 0 Å². The number of hydrazone groups is 1. The molecule has 6 unspecified atom stereocenters. The number of fused-ring (bicyclic) bond motifs is 2. The average molecular weight is 469 g/mol. The minimum absolute atomic E-state index is 0.0455. The molecule has 0 aromatic carbocycles. The molecule has 1 N–H and O–H groups in total. The topological polar surface area (TPSA) is 82.1 Å². The number of hydrogen-bond donors (Lipinski definition) is 1. The van der Waals surface area contributed by atoms with Crippen LogP contribution in [0.15, 0.2) is 5.10 Å². The van der Waals surface area contributed by atoms with Gasteiger partial charge in [0, 0.05) is 37.1 Å². The van der Waals surface area contributed by atoms with E-state index in [-0.39, 0.29) is 23.6 Å². The zero-order valence-electron chi connectivity index (χ0n) is 20.4. The molecule has 186 valence electrons. The summed E-state index contributed by atoms with van der Waals surface area (Å²) in [5, 5.41) is 10.3. The number of rotatable bonds is 4. The van der Waals surface area contributed by atoms with Gasteiger partial charge in [-0.25, -0.2) is 0 Å². The van der Waals surface area contributed by atoms with E-state index in [1.165, 1.54) is 63.5 Å². The first kappa shape index (κ1) is 22.5. The quantitative estimate of drug-likeness (QED) is 0.641. The number of carbonyl (C=O) groups is 3. The minimum Gasteiger partial charge on any atom is -0.330 e. The van der Waals surface area contributed by atoms with Gasteiger partial charge in [0.2, 0.25) is 17.7 Å². The Morgan fingerprint density at radius 3 is 2.47 bits per heavy atom. The second kappa shape index (κ2) is 9.27. The third-order valence-corrected chi connectivity index (χ3v) is 9.92. The molecule has 3 saturated carbocycles. The maximum Gasteiger partial charge on any atom is 0.249 e. The van der Waals surface area contributed by atoms with Crippen LogP contribution in [0.4, 0.5) is 0 Å². The Kier molecular flexibility index (Phi) is 6.14. The highest BCUT2D eigenvalue weighted by Crippen LogP contribution is 2.46. The number of likely N-dealkylation sites (tertiary alicyclic amines) is 1. The van der Waals surface area contributed by atoms with Crippen molar-refractivity contribution in [2.24, 2.45) is 34.7 Å². The van der Waals surface area contributed by atoms with Crippen molar-refractivity contribution in [3.63, 3.8) is 0 Å². The molecular weight excluding hydrogens is 428 g/mol. The Morgan fingerprint density at radius 1 is 0.853 bits per heavy atom. The van der Waals surface area contributed by atoms with E-state index < -0.39 is 6.04 Å². The molecule has 6 aliphatic rings. The van der Waals surface area contributed by atoms with Gasteiger partial charge in [0.25, 0.3) is 0 Å². The summed E-state index contributed by atoms with van der Waals surface area (Å²) in [5.74, 6) is 1.90. The minimum atomic E-state index is -0.466. The maximum atomic E-state index is 13.2. The molecule has 34 heavy (non-hydrogen) atoms. The predicted octanol–water partition coefficient (Wildman–Crippen LogP) is 3.48. The van der Waals surface area contributed by atoms with Crippen molar-refractivity contribution in [2.45, 2.75) is 102 Å². The van der Waals surface area contributed by atoms with Crippen LogP contribution in [0.25, 0.3) is 0 Å². The van der Waals surface area contributed by atoms with Gasteiger partial charge in [-0.2, -0.15) is 5.10 Å². The van der Waals surface area contributed by atoms with Crippen molar-refractivity contribution in [2.75, 3.05) is 13.1 Å². The second-order valence-corrected chi connectivity index (χ2v) is 11.9. The number of hydrogen-bond acceptors (Lipinski definition) is 5. The van der Waals surface area contributed by atoms with Crippen LogP contribution in [0.1, 0.15) is 89.9 Å². The van der Waals surface area contributed by atoms with Crippen LogP contribution in [0.2, 0.25) is 0 Å². The van der Waals surface area contributed by atoms with Crippen LogP contribution in [0.3, 0.4) is 0 Å². The van der Waals surface area contributed by atoms with Crippen molar-refractivity contribution < 1.29 is 14.4 Å². The highest BCUT2D eigenvalue weighted by atomic mass is 16.2. The highest BCUT2D eigenvalue weighted by Gasteiger charge is 2.50. The third kappa shape index (κ3) is 4.07. The van der Waals surface area contributed by atoms with Gasteiger partial charge in [-0.05, 0) is 69.1 Å². The molecular formula is C27H40N4O3. The summed E-state index contributed by atoms with van der Waals surface area (Å²) >= 11 is 0. The van der Waals surface area contributed by atoms with Crippen molar-refractivity contribution in [1.29, 1.82) is 0 Å². The Morgan fingerprint density at radius 2 is 1.65 bits per heavy atom. The molecule has 7 nitrogen and oxygen atoms in total. The van der Waals surface area contributed by atoms with Crippen molar-refractivity contribution in [3.8, 4) is 0 Å². The summed E-state index contributed by atoms with van der Waals surface area (Å²) < 4.78 is 0. The fourth-order valence-corrected chi connectivity index (χ4v) is 8.18. The van der Waals surface area contributed by atoms with E-state index in [0.29, 0.717) is 43.2 Å². The van der Waals surface area contributed by atoms with Crippen molar-refractivity contribution in [1.82, 2.24) is 15.2 Å². The van der Waals surface area contributed by atoms with Crippen molar-refractivity contribution >= 4 is 23.4 Å². The van der Waals surface area contributed by atoms with Crippen LogP contribution >= 0.6 is 0 Å². The lowest BCUT2D eigenvalue weighted by atomic mass is 9.69. The molecule has 3 heterocycles. The molecule has 0 spiro atoms. The molecule has 3 amide bonds. The standard InChI is InChI=1S/C27H40N4O3/c32-24-13-12-23(26(33)28-24)30-16-19-14-18(10-11-20(19)27(30)34)25-21-8-4-5-9-22(21)31(29-25)15-17-6-2-1-3-7-17/h17-23H,1-16H2,(H,28,32,33). The third-order valence-electron chi connectivity index (χ3n) is 9.92. The molecule has 0 aromatic rings. The lowest BCUT2D eigenvalue weighted by molar-refractivity contribution is -0.144. The number of piperidine rings is 1. The zero-order chi connectivity index (χ0) is 23.2. The Labute approximate surface area is 203 Å². The van der Waals surface area contributed by atoms with Crippen LogP contribution < -0.4 is 5.32 Å². The molecule has 6 atom stereocenters. The number of carbonyl (C=O) groups excluding carboxylic acids is 3. The van der Waals surface area contributed by atoms with Gasteiger partial charge in [0.05, 0.1) is 6.04 Å². The largest absolute Gasteiger partial charge is 0.330 e. The van der Waals surface area contributed by atoms with Gasteiger partial charge < -0.3 is 4.90 Å². The normalized spacial score (nSPS) is 39.1. The molecule has 0 aromatic heterocycles. The van der Waals surface area contributed by atoms with Gasteiger partial charge in [-0.15, -0.1) is 0 Å². The van der Waals surface area contributed by atoms with Gasteiger partial charge in [-0.1, -0.05) is 32.1 Å². The summed E-state index contributed by atoms with van der Waals surface area (Å²) in [6.45, 7) is 1.81. The van der Waals surface area contributed by atoms with E-state index in [0.717, 1.165) is 31.7 Å². The fraction of sp³-hybridized carbons (Fsp3) is 0.852. The molecule has 5 fully saturated rings. The van der Waals surface area contributed by atoms with E-state index in [4.69, 9.17) is 5.10 Å². The zero-order valence-corrected chi connectivity index (χ0v) is 20.4. The first-order chi connectivity index (χ1) is 16.6. The Balaban J connectivity index is 1.15. The summed E-state index contributed by atoms with van der Waals surface area (Å²) in [6.07, 6.45) is 15.9. The Hall–Kier alpha value is -1.92. The summed E-state index contributed by atoms with van der Waals surface area (Å²) in [7, 11) is 0. The number of nitrogens with zero attached hydrogens (tertiary/aromatic N) is 3. The first-order valence-electron chi connectivity index (χ1n) is 14.1. The second-order valence-electron chi connectivity index (χ2n) is 11.9. The van der Waals surface area contributed by atoms with Crippen molar-refractivity contribution in [3.05, 3.63) is 0 Å². The summed E-state index contributed by atoms with van der Waals surface area (Å²) in [6, 6.07) is 0.139.